The molecule has 0 aromatic heterocycles. The quantitative estimate of drug-likeness (QED) is 0.631. The highest BCUT2D eigenvalue weighted by Crippen LogP contribution is 2.22. The fourth-order valence-electron chi connectivity index (χ4n) is 4.01. The molecule has 148 valence electrons. The van der Waals surface area contributed by atoms with Crippen molar-refractivity contribution in [3.05, 3.63) is 24.3 Å². The monoisotopic (exact) mass is 373 g/mol. The van der Waals surface area contributed by atoms with Crippen LogP contribution in [0.3, 0.4) is 0 Å². The summed E-state index contributed by atoms with van der Waals surface area (Å²) in [5.41, 5.74) is 1.73. The van der Waals surface area contributed by atoms with Crippen molar-refractivity contribution in [2.24, 2.45) is 0 Å². The van der Waals surface area contributed by atoms with Crippen LogP contribution in [-0.2, 0) is 14.3 Å². The zero-order valence-corrected chi connectivity index (χ0v) is 16.4. The smallest absolute Gasteiger partial charge is 0.313 e. The maximum Gasteiger partial charge on any atom is 0.313 e. The second-order valence-electron chi connectivity index (χ2n) is 7.83. The van der Waals surface area contributed by atoms with Gasteiger partial charge in [-0.1, -0.05) is 25.7 Å². The summed E-state index contributed by atoms with van der Waals surface area (Å²) in [6.07, 6.45) is 6.98. The van der Waals surface area contributed by atoms with E-state index in [9.17, 15) is 9.59 Å². The molecule has 2 atom stereocenters. The lowest BCUT2D eigenvalue weighted by Gasteiger charge is -2.36. The van der Waals surface area contributed by atoms with Gasteiger partial charge in [-0.05, 0) is 51.0 Å². The number of morpholine rings is 1. The third-order valence-electron chi connectivity index (χ3n) is 5.31. The average Bonchev–Trinajstić information content (AvgIpc) is 2.90. The predicted molar refractivity (Wildman–Crippen MR) is 107 cm³/mol. The van der Waals surface area contributed by atoms with Gasteiger partial charge in [0.1, 0.15) is 0 Å². The van der Waals surface area contributed by atoms with Gasteiger partial charge in [-0.2, -0.15) is 0 Å². The van der Waals surface area contributed by atoms with Crippen LogP contribution >= 0.6 is 0 Å². The first-order valence-electron chi connectivity index (χ1n) is 10.1. The van der Waals surface area contributed by atoms with E-state index in [1.165, 1.54) is 12.8 Å². The minimum Gasteiger partial charge on any atom is -0.372 e. The van der Waals surface area contributed by atoms with Gasteiger partial charge in [0.05, 0.1) is 12.2 Å². The number of amides is 2. The summed E-state index contributed by atoms with van der Waals surface area (Å²) < 4.78 is 5.77. The lowest BCUT2D eigenvalue weighted by Crippen LogP contribution is -2.45. The van der Waals surface area contributed by atoms with Gasteiger partial charge >= 0.3 is 11.8 Å². The molecule has 6 heteroatoms. The zero-order chi connectivity index (χ0) is 19.2. The van der Waals surface area contributed by atoms with Crippen molar-refractivity contribution in [3.63, 3.8) is 0 Å². The first kappa shape index (κ1) is 19.7. The molecule has 1 aliphatic heterocycles. The van der Waals surface area contributed by atoms with Crippen molar-refractivity contribution in [3.8, 4) is 0 Å². The second kappa shape index (κ2) is 9.22. The molecular formula is C21H31N3O3. The second-order valence-corrected chi connectivity index (χ2v) is 7.83. The van der Waals surface area contributed by atoms with E-state index in [1.54, 1.807) is 0 Å². The molecule has 2 aliphatic rings. The number of hydrogen-bond acceptors (Lipinski definition) is 4. The largest absolute Gasteiger partial charge is 0.372 e. The Morgan fingerprint density at radius 3 is 2.11 bits per heavy atom. The molecule has 1 aliphatic carbocycles. The molecule has 0 spiro atoms. The molecule has 2 N–H and O–H groups in total. The standard InChI is InChI=1S/C21H31N3O3/c1-15-13-24(14-16(2)27-15)19-11-9-18(10-12-19)23-21(26)20(25)22-17-7-5-3-4-6-8-17/h9-12,15-17H,3-8,13-14H2,1-2H3,(H,22,25)(H,23,26). The van der Waals surface area contributed by atoms with Crippen LogP contribution in [0, 0.1) is 0 Å². The van der Waals surface area contributed by atoms with E-state index >= 15 is 0 Å². The fraction of sp³-hybridized carbons (Fsp3) is 0.619. The Morgan fingerprint density at radius 1 is 0.926 bits per heavy atom. The SMILES string of the molecule is CC1CN(c2ccc(NC(=O)C(=O)NC3CCCCCC3)cc2)CC(C)O1. The fourth-order valence-corrected chi connectivity index (χ4v) is 4.01. The Bertz CT molecular complexity index is 629. The first-order valence-corrected chi connectivity index (χ1v) is 10.1. The molecule has 1 aromatic carbocycles. The normalized spacial score (nSPS) is 24.1. The lowest BCUT2D eigenvalue weighted by atomic mass is 10.1. The molecule has 27 heavy (non-hydrogen) atoms. The topological polar surface area (TPSA) is 70.7 Å². The summed E-state index contributed by atoms with van der Waals surface area (Å²) in [4.78, 5) is 26.6. The highest BCUT2D eigenvalue weighted by Gasteiger charge is 2.23. The molecule has 1 aromatic rings. The summed E-state index contributed by atoms with van der Waals surface area (Å²) in [5.74, 6) is -1.14. The Kier molecular flexibility index (Phi) is 6.72. The van der Waals surface area contributed by atoms with Gasteiger partial charge in [-0.15, -0.1) is 0 Å². The van der Waals surface area contributed by atoms with Gasteiger partial charge in [0, 0.05) is 30.5 Å². The number of nitrogens with one attached hydrogen (secondary N) is 2. The Morgan fingerprint density at radius 2 is 1.52 bits per heavy atom. The van der Waals surface area contributed by atoms with Gasteiger partial charge in [-0.25, -0.2) is 0 Å². The van der Waals surface area contributed by atoms with Crippen LogP contribution in [-0.4, -0.2) is 43.2 Å². The number of ether oxygens (including phenoxy) is 1. The summed E-state index contributed by atoms with van der Waals surface area (Å²) in [7, 11) is 0. The van der Waals surface area contributed by atoms with Crippen molar-refractivity contribution in [2.75, 3.05) is 23.3 Å². The molecule has 0 bridgehead atoms. The minimum atomic E-state index is -0.597. The molecule has 6 nitrogen and oxygen atoms in total. The molecule has 2 amide bonds. The zero-order valence-electron chi connectivity index (χ0n) is 16.4. The lowest BCUT2D eigenvalue weighted by molar-refractivity contribution is -0.136. The van der Waals surface area contributed by atoms with E-state index < -0.39 is 11.8 Å². The Balaban J connectivity index is 1.52. The molecule has 1 heterocycles. The van der Waals surface area contributed by atoms with Crippen LogP contribution < -0.4 is 15.5 Å². The first-order chi connectivity index (χ1) is 13.0. The van der Waals surface area contributed by atoms with Crippen LogP contribution in [0.4, 0.5) is 11.4 Å². The van der Waals surface area contributed by atoms with Crippen molar-refractivity contribution in [2.45, 2.75) is 70.6 Å². The third kappa shape index (κ3) is 5.70. The van der Waals surface area contributed by atoms with Gasteiger partial charge < -0.3 is 20.3 Å². The molecule has 2 fully saturated rings. The number of anilines is 2. The van der Waals surface area contributed by atoms with Crippen LogP contribution in [0.15, 0.2) is 24.3 Å². The molecular weight excluding hydrogens is 342 g/mol. The number of hydrogen-bond donors (Lipinski definition) is 2. The number of carbonyl (C=O) groups excluding carboxylic acids is 2. The summed E-state index contributed by atoms with van der Waals surface area (Å²) in [6.45, 7) is 5.84. The van der Waals surface area contributed by atoms with Crippen LogP contribution in [0.5, 0.6) is 0 Å². The number of carbonyl (C=O) groups is 2. The minimum absolute atomic E-state index is 0.124. The van der Waals surface area contributed by atoms with Gasteiger partial charge in [0.2, 0.25) is 0 Å². The Hall–Kier alpha value is -2.08. The van der Waals surface area contributed by atoms with Crippen LogP contribution in [0.25, 0.3) is 0 Å². The predicted octanol–water partition coefficient (Wildman–Crippen LogP) is 3.08. The maximum absolute atomic E-state index is 12.2. The number of nitrogens with zero attached hydrogens (tertiary/aromatic N) is 1. The molecule has 0 radical (unpaired) electrons. The van der Waals surface area contributed by atoms with E-state index in [-0.39, 0.29) is 18.2 Å². The van der Waals surface area contributed by atoms with Gasteiger partial charge in [0.25, 0.3) is 0 Å². The molecule has 2 unspecified atom stereocenters. The highest BCUT2D eigenvalue weighted by molar-refractivity contribution is 6.39. The molecule has 1 saturated carbocycles. The van der Waals surface area contributed by atoms with Gasteiger partial charge in [0.15, 0.2) is 0 Å². The Labute approximate surface area is 161 Å². The van der Waals surface area contributed by atoms with E-state index in [0.717, 1.165) is 44.5 Å². The van der Waals surface area contributed by atoms with E-state index in [0.29, 0.717) is 5.69 Å². The highest BCUT2D eigenvalue weighted by atomic mass is 16.5. The van der Waals surface area contributed by atoms with Crippen molar-refractivity contribution < 1.29 is 14.3 Å². The number of rotatable bonds is 3. The average molecular weight is 373 g/mol. The van der Waals surface area contributed by atoms with Gasteiger partial charge in [-0.3, -0.25) is 9.59 Å². The van der Waals surface area contributed by atoms with E-state index in [1.807, 2.05) is 24.3 Å². The van der Waals surface area contributed by atoms with E-state index in [2.05, 4.69) is 29.4 Å². The van der Waals surface area contributed by atoms with Crippen LogP contribution in [0.1, 0.15) is 52.4 Å². The number of benzene rings is 1. The molecule has 1 saturated heterocycles. The summed E-state index contributed by atoms with van der Waals surface area (Å²) >= 11 is 0. The summed E-state index contributed by atoms with van der Waals surface area (Å²) in [5, 5.41) is 5.58. The maximum atomic E-state index is 12.2. The van der Waals surface area contributed by atoms with Crippen LogP contribution in [0.2, 0.25) is 0 Å². The third-order valence-corrected chi connectivity index (χ3v) is 5.31. The summed E-state index contributed by atoms with van der Waals surface area (Å²) in [6, 6.07) is 7.76. The molecule has 3 rings (SSSR count). The van der Waals surface area contributed by atoms with Crippen molar-refractivity contribution >= 4 is 23.2 Å². The van der Waals surface area contributed by atoms with Crippen molar-refractivity contribution in [1.29, 1.82) is 0 Å². The van der Waals surface area contributed by atoms with Crippen molar-refractivity contribution in [1.82, 2.24) is 5.32 Å². The van der Waals surface area contributed by atoms with E-state index in [4.69, 9.17) is 4.74 Å².